The molecule has 4 rings (SSSR count). The van der Waals surface area contributed by atoms with Crippen LogP contribution in [0.2, 0.25) is 0 Å². The van der Waals surface area contributed by atoms with Crippen molar-refractivity contribution < 1.29 is 9.21 Å². The summed E-state index contributed by atoms with van der Waals surface area (Å²) in [6, 6.07) is 16.0. The quantitative estimate of drug-likeness (QED) is 0.671. The van der Waals surface area contributed by atoms with Crippen LogP contribution in [0.3, 0.4) is 0 Å². The van der Waals surface area contributed by atoms with E-state index in [4.69, 9.17) is 4.42 Å². The summed E-state index contributed by atoms with van der Waals surface area (Å²) in [6.45, 7) is 5.66. The SMILES string of the molecule is Cc1ccc2occ(C(=O)NCCC3CCN(Cc4ccccc4)CC3)c(=O)c2c1. The van der Waals surface area contributed by atoms with Gasteiger partial charge in [0.15, 0.2) is 0 Å². The third-order valence-corrected chi connectivity index (χ3v) is 5.97. The van der Waals surface area contributed by atoms with Gasteiger partial charge in [-0.2, -0.15) is 0 Å². The Morgan fingerprint density at radius 3 is 2.67 bits per heavy atom. The summed E-state index contributed by atoms with van der Waals surface area (Å²) >= 11 is 0. The number of benzene rings is 2. The Hall–Kier alpha value is -2.92. The number of hydrogen-bond donors (Lipinski definition) is 1. The van der Waals surface area contributed by atoms with Crippen molar-refractivity contribution in [1.82, 2.24) is 10.2 Å². The molecule has 0 radical (unpaired) electrons. The molecule has 1 N–H and O–H groups in total. The molecule has 0 saturated carbocycles. The maximum absolute atomic E-state index is 12.6. The van der Waals surface area contributed by atoms with E-state index >= 15 is 0 Å². The average molecular weight is 405 g/mol. The molecule has 30 heavy (non-hydrogen) atoms. The fraction of sp³-hybridized carbons (Fsp3) is 0.360. The lowest BCUT2D eigenvalue weighted by molar-refractivity contribution is 0.0945. The smallest absolute Gasteiger partial charge is 0.258 e. The molecule has 1 fully saturated rings. The van der Waals surface area contributed by atoms with E-state index in [0.717, 1.165) is 44.5 Å². The van der Waals surface area contributed by atoms with Gasteiger partial charge in [-0.15, -0.1) is 0 Å². The van der Waals surface area contributed by atoms with E-state index < -0.39 is 0 Å². The van der Waals surface area contributed by atoms with E-state index in [1.165, 1.54) is 11.8 Å². The minimum Gasteiger partial charge on any atom is -0.463 e. The number of carbonyl (C=O) groups excluding carboxylic acids is 1. The van der Waals surface area contributed by atoms with Crippen LogP contribution in [0.4, 0.5) is 0 Å². The third kappa shape index (κ3) is 4.79. The van der Waals surface area contributed by atoms with Gasteiger partial charge < -0.3 is 9.73 Å². The zero-order valence-corrected chi connectivity index (χ0v) is 17.4. The number of nitrogens with one attached hydrogen (secondary N) is 1. The van der Waals surface area contributed by atoms with Crippen molar-refractivity contribution in [2.24, 2.45) is 5.92 Å². The number of likely N-dealkylation sites (tertiary alicyclic amines) is 1. The zero-order valence-electron chi connectivity index (χ0n) is 17.4. The first-order valence-electron chi connectivity index (χ1n) is 10.7. The Balaban J connectivity index is 1.26. The molecule has 1 aromatic heterocycles. The van der Waals surface area contributed by atoms with Gasteiger partial charge in [0.25, 0.3) is 5.91 Å². The van der Waals surface area contributed by atoms with Crippen LogP contribution in [-0.2, 0) is 6.54 Å². The van der Waals surface area contributed by atoms with Gasteiger partial charge in [-0.1, -0.05) is 42.0 Å². The van der Waals surface area contributed by atoms with Crippen LogP contribution in [0.15, 0.2) is 64.0 Å². The Morgan fingerprint density at radius 1 is 1.13 bits per heavy atom. The molecule has 0 atom stereocenters. The first-order valence-corrected chi connectivity index (χ1v) is 10.7. The molecule has 0 bridgehead atoms. The normalized spacial score (nSPS) is 15.4. The topological polar surface area (TPSA) is 62.6 Å². The molecule has 0 aliphatic carbocycles. The van der Waals surface area contributed by atoms with Crippen molar-refractivity contribution in [3.05, 3.63) is 81.7 Å². The van der Waals surface area contributed by atoms with E-state index in [2.05, 4.69) is 34.5 Å². The summed E-state index contributed by atoms with van der Waals surface area (Å²) in [7, 11) is 0. The van der Waals surface area contributed by atoms with Gasteiger partial charge in [0.1, 0.15) is 17.4 Å². The number of hydrogen-bond acceptors (Lipinski definition) is 4. The summed E-state index contributed by atoms with van der Waals surface area (Å²) in [5.41, 5.74) is 2.63. The van der Waals surface area contributed by atoms with Gasteiger partial charge in [0, 0.05) is 13.1 Å². The van der Waals surface area contributed by atoms with Crippen LogP contribution in [0, 0.1) is 12.8 Å². The van der Waals surface area contributed by atoms with E-state index in [1.54, 1.807) is 12.1 Å². The second kappa shape index (κ2) is 9.26. The molecular formula is C25H28N2O3. The van der Waals surface area contributed by atoms with E-state index in [-0.39, 0.29) is 16.9 Å². The fourth-order valence-corrected chi connectivity index (χ4v) is 4.16. The predicted octanol–water partition coefficient (Wildman–Crippen LogP) is 4.13. The lowest BCUT2D eigenvalue weighted by atomic mass is 9.93. The maximum atomic E-state index is 12.6. The molecule has 2 aromatic carbocycles. The number of fused-ring (bicyclic) bond motifs is 1. The molecule has 1 saturated heterocycles. The summed E-state index contributed by atoms with van der Waals surface area (Å²) in [5, 5.41) is 3.36. The molecule has 1 aliphatic rings. The highest BCUT2D eigenvalue weighted by Gasteiger charge is 2.20. The Labute approximate surface area is 176 Å². The molecular weight excluding hydrogens is 376 g/mol. The van der Waals surface area contributed by atoms with Crippen molar-refractivity contribution in [2.45, 2.75) is 32.7 Å². The van der Waals surface area contributed by atoms with Gasteiger partial charge >= 0.3 is 0 Å². The number of piperidine rings is 1. The van der Waals surface area contributed by atoms with E-state index in [1.807, 2.05) is 19.1 Å². The van der Waals surface area contributed by atoms with Crippen molar-refractivity contribution in [3.63, 3.8) is 0 Å². The number of aryl methyl sites for hydroxylation is 1. The summed E-state index contributed by atoms with van der Waals surface area (Å²) in [6.07, 6.45) is 4.49. The molecule has 1 aliphatic heterocycles. The van der Waals surface area contributed by atoms with Crippen LogP contribution in [0.5, 0.6) is 0 Å². The Morgan fingerprint density at radius 2 is 1.90 bits per heavy atom. The standard InChI is InChI=1S/C25H28N2O3/c1-18-7-8-23-21(15-18)24(28)22(17-30-23)25(29)26-12-9-19-10-13-27(14-11-19)16-20-5-3-2-4-6-20/h2-8,15,17,19H,9-14,16H2,1H3,(H,26,29). The molecule has 5 heteroatoms. The van der Waals surface area contributed by atoms with Crippen molar-refractivity contribution >= 4 is 16.9 Å². The molecule has 2 heterocycles. The number of nitrogens with zero attached hydrogens (tertiary/aromatic N) is 1. The summed E-state index contributed by atoms with van der Waals surface area (Å²) in [4.78, 5) is 27.7. The number of rotatable bonds is 6. The number of amides is 1. The van der Waals surface area contributed by atoms with Gasteiger partial charge in [-0.25, -0.2) is 0 Å². The lowest BCUT2D eigenvalue weighted by Gasteiger charge is -2.32. The molecule has 156 valence electrons. The van der Waals surface area contributed by atoms with E-state index in [9.17, 15) is 9.59 Å². The Kier molecular flexibility index (Phi) is 6.29. The van der Waals surface area contributed by atoms with Gasteiger partial charge in [0.2, 0.25) is 5.43 Å². The minimum atomic E-state index is -0.353. The van der Waals surface area contributed by atoms with Crippen molar-refractivity contribution in [3.8, 4) is 0 Å². The second-order valence-electron chi connectivity index (χ2n) is 8.23. The Bertz CT molecular complexity index is 1070. The highest BCUT2D eigenvalue weighted by atomic mass is 16.3. The number of carbonyl (C=O) groups is 1. The highest BCUT2D eigenvalue weighted by Crippen LogP contribution is 2.21. The predicted molar refractivity (Wildman–Crippen MR) is 119 cm³/mol. The van der Waals surface area contributed by atoms with Crippen molar-refractivity contribution in [2.75, 3.05) is 19.6 Å². The van der Waals surface area contributed by atoms with Crippen LogP contribution in [-0.4, -0.2) is 30.4 Å². The monoisotopic (exact) mass is 404 g/mol. The average Bonchev–Trinajstić information content (AvgIpc) is 2.76. The van der Waals surface area contributed by atoms with Crippen molar-refractivity contribution in [1.29, 1.82) is 0 Å². The minimum absolute atomic E-state index is 0.0748. The van der Waals surface area contributed by atoms with Crippen LogP contribution in [0.25, 0.3) is 11.0 Å². The first kappa shape index (κ1) is 20.4. The maximum Gasteiger partial charge on any atom is 0.258 e. The van der Waals surface area contributed by atoms with Crippen LogP contribution >= 0.6 is 0 Å². The summed E-state index contributed by atoms with van der Waals surface area (Å²) < 4.78 is 5.49. The van der Waals surface area contributed by atoms with Gasteiger partial charge in [-0.05, 0) is 62.9 Å². The largest absolute Gasteiger partial charge is 0.463 e. The van der Waals surface area contributed by atoms with Crippen LogP contribution in [0.1, 0.15) is 40.7 Å². The molecule has 3 aromatic rings. The zero-order chi connectivity index (χ0) is 20.9. The highest BCUT2D eigenvalue weighted by molar-refractivity contribution is 5.96. The summed E-state index contributed by atoms with van der Waals surface area (Å²) in [5.74, 6) is 0.252. The second-order valence-corrected chi connectivity index (χ2v) is 8.23. The molecule has 0 spiro atoms. The fourth-order valence-electron chi connectivity index (χ4n) is 4.16. The molecule has 1 amide bonds. The third-order valence-electron chi connectivity index (χ3n) is 5.97. The van der Waals surface area contributed by atoms with Crippen LogP contribution < -0.4 is 10.7 Å². The van der Waals surface area contributed by atoms with Gasteiger partial charge in [0.05, 0.1) is 5.39 Å². The first-order chi connectivity index (χ1) is 14.6. The molecule has 0 unspecified atom stereocenters. The van der Waals surface area contributed by atoms with E-state index in [0.29, 0.717) is 23.4 Å². The van der Waals surface area contributed by atoms with Gasteiger partial charge in [-0.3, -0.25) is 14.5 Å². The molecule has 5 nitrogen and oxygen atoms in total. The lowest BCUT2D eigenvalue weighted by Crippen LogP contribution is -2.35.